The van der Waals surface area contributed by atoms with E-state index in [1.165, 1.54) is 24.1 Å². The molecule has 1 aliphatic carbocycles. The molecule has 0 spiro atoms. The second-order valence-corrected chi connectivity index (χ2v) is 6.04. The number of anilines is 1. The first kappa shape index (κ1) is 12.7. The predicted octanol–water partition coefficient (Wildman–Crippen LogP) is 3.97. The Morgan fingerprint density at radius 1 is 1.26 bits per heavy atom. The van der Waals surface area contributed by atoms with Crippen molar-refractivity contribution in [3.8, 4) is 0 Å². The zero-order chi connectivity index (χ0) is 13.2. The number of nitrogens with zero attached hydrogens (tertiary/aromatic N) is 1. The molecule has 1 fully saturated rings. The van der Waals surface area contributed by atoms with Crippen LogP contribution in [0, 0.1) is 0 Å². The Morgan fingerprint density at radius 2 is 2.00 bits per heavy atom. The van der Waals surface area contributed by atoms with Gasteiger partial charge >= 0.3 is 0 Å². The third-order valence-electron chi connectivity index (χ3n) is 3.63. The van der Waals surface area contributed by atoms with Gasteiger partial charge in [-0.3, -0.25) is 0 Å². The molecule has 0 bridgehead atoms. The highest BCUT2D eigenvalue weighted by Crippen LogP contribution is 2.33. The van der Waals surface area contributed by atoms with Crippen LogP contribution in [0.3, 0.4) is 0 Å². The molecule has 1 heterocycles. The van der Waals surface area contributed by atoms with Crippen molar-refractivity contribution in [3.05, 3.63) is 52.2 Å². The van der Waals surface area contributed by atoms with Crippen LogP contribution in [0.15, 0.2) is 41.1 Å². The van der Waals surface area contributed by atoms with E-state index in [2.05, 4.69) is 33.9 Å². The molecule has 19 heavy (non-hydrogen) atoms. The van der Waals surface area contributed by atoms with E-state index in [0.717, 1.165) is 12.1 Å². The average molecular weight is 273 g/mol. The van der Waals surface area contributed by atoms with Gasteiger partial charge in [-0.15, -0.1) is 0 Å². The Hall–Kier alpha value is -1.32. The van der Waals surface area contributed by atoms with Crippen LogP contribution < -0.4 is 4.90 Å². The molecule has 3 rings (SSSR count). The zero-order valence-corrected chi connectivity index (χ0v) is 11.9. The highest BCUT2D eigenvalue weighted by molar-refractivity contribution is 7.07. The van der Waals surface area contributed by atoms with E-state index < -0.39 is 0 Å². The van der Waals surface area contributed by atoms with Gasteiger partial charge in [0.1, 0.15) is 0 Å². The fourth-order valence-corrected chi connectivity index (χ4v) is 3.00. The molecular formula is C16H19NOS. The standard InChI is InChI=1S/C16H19NOS/c1-12(18)14-2-4-15(5-3-14)17(16-6-7-16)10-13-8-9-19-11-13/h2-5,8-9,11-12,16,18H,6-7,10H2,1H3/t12-/m1/s1. The number of aliphatic hydroxyl groups is 1. The van der Waals surface area contributed by atoms with Crippen molar-refractivity contribution in [2.24, 2.45) is 0 Å². The summed E-state index contributed by atoms with van der Waals surface area (Å²) < 4.78 is 0. The summed E-state index contributed by atoms with van der Waals surface area (Å²) in [4.78, 5) is 2.48. The molecule has 0 radical (unpaired) electrons. The summed E-state index contributed by atoms with van der Waals surface area (Å²) in [5, 5.41) is 13.9. The van der Waals surface area contributed by atoms with Gasteiger partial charge < -0.3 is 10.0 Å². The maximum atomic E-state index is 9.57. The number of benzene rings is 1. The normalized spacial score (nSPS) is 16.3. The minimum atomic E-state index is -0.389. The van der Waals surface area contributed by atoms with Crippen LogP contribution in [-0.4, -0.2) is 11.1 Å². The molecular weight excluding hydrogens is 254 g/mol. The van der Waals surface area contributed by atoms with Crippen LogP contribution in [0.2, 0.25) is 0 Å². The lowest BCUT2D eigenvalue weighted by atomic mass is 10.1. The summed E-state index contributed by atoms with van der Waals surface area (Å²) in [7, 11) is 0. The Bertz CT molecular complexity index is 514. The molecule has 1 aromatic heterocycles. The molecule has 0 saturated heterocycles. The van der Waals surface area contributed by atoms with Gasteiger partial charge in [0.25, 0.3) is 0 Å². The van der Waals surface area contributed by atoms with Crippen molar-refractivity contribution in [1.82, 2.24) is 0 Å². The van der Waals surface area contributed by atoms with Crippen molar-refractivity contribution < 1.29 is 5.11 Å². The second kappa shape index (κ2) is 5.35. The number of aliphatic hydroxyl groups excluding tert-OH is 1. The Labute approximate surface area is 118 Å². The molecule has 2 nitrogen and oxygen atoms in total. The van der Waals surface area contributed by atoms with E-state index >= 15 is 0 Å². The van der Waals surface area contributed by atoms with E-state index in [1.54, 1.807) is 18.3 Å². The average Bonchev–Trinajstić information content (AvgIpc) is 3.13. The van der Waals surface area contributed by atoms with Crippen molar-refractivity contribution in [2.75, 3.05) is 4.90 Å². The molecule has 3 heteroatoms. The van der Waals surface area contributed by atoms with E-state index in [9.17, 15) is 5.11 Å². The molecule has 1 aromatic carbocycles. The SMILES string of the molecule is C[C@@H](O)c1ccc(N(Cc2ccsc2)C2CC2)cc1. The minimum Gasteiger partial charge on any atom is -0.389 e. The molecule has 100 valence electrons. The van der Waals surface area contributed by atoms with Gasteiger partial charge in [-0.1, -0.05) is 12.1 Å². The number of hydrogen-bond donors (Lipinski definition) is 1. The summed E-state index contributed by atoms with van der Waals surface area (Å²) >= 11 is 1.76. The summed E-state index contributed by atoms with van der Waals surface area (Å²) in [5.41, 5.74) is 3.63. The third-order valence-corrected chi connectivity index (χ3v) is 4.36. The number of hydrogen-bond acceptors (Lipinski definition) is 3. The predicted molar refractivity (Wildman–Crippen MR) is 80.6 cm³/mol. The number of rotatable bonds is 5. The van der Waals surface area contributed by atoms with Gasteiger partial charge in [0, 0.05) is 18.3 Å². The van der Waals surface area contributed by atoms with Gasteiger partial charge in [-0.2, -0.15) is 11.3 Å². The summed E-state index contributed by atoms with van der Waals surface area (Å²) in [6.07, 6.45) is 2.20. The van der Waals surface area contributed by atoms with Gasteiger partial charge in [0.05, 0.1) is 6.10 Å². The van der Waals surface area contributed by atoms with Crippen molar-refractivity contribution in [1.29, 1.82) is 0 Å². The first-order valence-electron chi connectivity index (χ1n) is 6.80. The van der Waals surface area contributed by atoms with Crippen LogP contribution in [0.5, 0.6) is 0 Å². The Morgan fingerprint density at radius 3 is 2.53 bits per heavy atom. The maximum Gasteiger partial charge on any atom is 0.0761 e. The van der Waals surface area contributed by atoms with Gasteiger partial charge in [-0.05, 0) is 59.9 Å². The summed E-state index contributed by atoms with van der Waals surface area (Å²) in [6, 6.07) is 11.2. The monoisotopic (exact) mass is 273 g/mol. The van der Waals surface area contributed by atoms with Gasteiger partial charge in [0.15, 0.2) is 0 Å². The van der Waals surface area contributed by atoms with Crippen molar-refractivity contribution in [3.63, 3.8) is 0 Å². The van der Waals surface area contributed by atoms with E-state index in [0.29, 0.717) is 6.04 Å². The third kappa shape index (κ3) is 2.99. The van der Waals surface area contributed by atoms with Gasteiger partial charge in [-0.25, -0.2) is 0 Å². The molecule has 1 aliphatic rings. The Balaban J connectivity index is 1.79. The maximum absolute atomic E-state index is 9.57. The smallest absolute Gasteiger partial charge is 0.0761 e. The van der Waals surface area contributed by atoms with Crippen LogP contribution in [0.1, 0.15) is 37.0 Å². The fraction of sp³-hybridized carbons (Fsp3) is 0.375. The zero-order valence-electron chi connectivity index (χ0n) is 11.1. The van der Waals surface area contributed by atoms with Crippen molar-refractivity contribution >= 4 is 17.0 Å². The second-order valence-electron chi connectivity index (χ2n) is 5.26. The summed E-state index contributed by atoms with van der Waals surface area (Å²) in [5.74, 6) is 0. The largest absolute Gasteiger partial charge is 0.389 e. The van der Waals surface area contributed by atoms with Gasteiger partial charge in [0.2, 0.25) is 0 Å². The molecule has 0 unspecified atom stereocenters. The molecule has 0 aliphatic heterocycles. The quantitative estimate of drug-likeness (QED) is 0.891. The molecule has 2 aromatic rings. The minimum absolute atomic E-state index is 0.389. The first-order chi connectivity index (χ1) is 9.24. The van der Waals surface area contributed by atoms with Crippen LogP contribution in [0.4, 0.5) is 5.69 Å². The van der Waals surface area contributed by atoms with Crippen molar-refractivity contribution in [2.45, 2.75) is 38.5 Å². The fourth-order valence-electron chi connectivity index (χ4n) is 2.34. The molecule has 1 N–H and O–H groups in total. The summed E-state index contributed by atoms with van der Waals surface area (Å²) in [6.45, 7) is 2.79. The highest BCUT2D eigenvalue weighted by atomic mass is 32.1. The first-order valence-corrected chi connectivity index (χ1v) is 7.74. The van der Waals surface area contributed by atoms with E-state index in [4.69, 9.17) is 0 Å². The molecule has 1 atom stereocenters. The topological polar surface area (TPSA) is 23.5 Å². The van der Waals surface area contributed by atoms with Crippen LogP contribution in [0.25, 0.3) is 0 Å². The molecule has 0 amide bonds. The lowest BCUT2D eigenvalue weighted by molar-refractivity contribution is 0.199. The van der Waals surface area contributed by atoms with E-state index in [-0.39, 0.29) is 6.10 Å². The van der Waals surface area contributed by atoms with Crippen LogP contribution >= 0.6 is 11.3 Å². The molecule has 1 saturated carbocycles. The van der Waals surface area contributed by atoms with Crippen LogP contribution in [-0.2, 0) is 6.54 Å². The highest BCUT2D eigenvalue weighted by Gasteiger charge is 2.29. The van der Waals surface area contributed by atoms with E-state index in [1.807, 2.05) is 12.1 Å². The Kier molecular flexibility index (Phi) is 3.58. The lowest BCUT2D eigenvalue weighted by Gasteiger charge is -2.24. The lowest BCUT2D eigenvalue weighted by Crippen LogP contribution is -2.24. The number of thiophene rings is 1.